The first kappa shape index (κ1) is 14.0. The Morgan fingerprint density at radius 2 is 2.10 bits per heavy atom. The molecule has 0 N–H and O–H groups in total. The topological polar surface area (TPSA) is 41.1 Å². The van der Waals surface area contributed by atoms with Crippen LogP contribution in [0.1, 0.15) is 5.69 Å². The SMILES string of the molecule is CSc1cc(CC#N)n2ccnc(-c3ccc(Cl)cc3)c12. The molecule has 1 aromatic carbocycles. The number of fused-ring (bicyclic) bond motifs is 1. The van der Waals surface area contributed by atoms with Crippen LogP contribution in [0.25, 0.3) is 16.8 Å². The monoisotopic (exact) mass is 313 g/mol. The van der Waals surface area contributed by atoms with Gasteiger partial charge in [0.25, 0.3) is 0 Å². The molecule has 104 valence electrons. The number of halogens is 1. The molecule has 2 heterocycles. The maximum absolute atomic E-state index is 8.98. The number of nitrogens with zero attached hydrogens (tertiary/aromatic N) is 3. The third-order valence-corrected chi connectivity index (χ3v) is 4.33. The first-order chi connectivity index (χ1) is 10.2. The van der Waals surface area contributed by atoms with Crippen LogP contribution in [0.4, 0.5) is 0 Å². The van der Waals surface area contributed by atoms with Gasteiger partial charge in [0.15, 0.2) is 0 Å². The Morgan fingerprint density at radius 3 is 2.76 bits per heavy atom. The second-order valence-electron chi connectivity index (χ2n) is 4.54. The molecule has 2 aromatic heterocycles. The summed E-state index contributed by atoms with van der Waals surface area (Å²) in [4.78, 5) is 5.65. The fourth-order valence-corrected chi connectivity index (χ4v) is 3.15. The zero-order valence-corrected chi connectivity index (χ0v) is 12.9. The Kier molecular flexibility index (Phi) is 3.87. The Labute approximate surface area is 132 Å². The van der Waals surface area contributed by atoms with Crippen molar-refractivity contribution in [2.45, 2.75) is 11.3 Å². The van der Waals surface area contributed by atoms with Crippen LogP contribution in [0.15, 0.2) is 47.6 Å². The zero-order chi connectivity index (χ0) is 14.8. The molecule has 3 rings (SSSR count). The van der Waals surface area contributed by atoms with Gasteiger partial charge >= 0.3 is 0 Å². The maximum atomic E-state index is 8.98. The van der Waals surface area contributed by atoms with E-state index in [-0.39, 0.29) is 0 Å². The standard InChI is InChI=1S/C16H12ClN3S/c1-21-14-10-13(6-7-18)20-9-8-19-15(16(14)20)11-2-4-12(17)5-3-11/h2-5,8-10H,6H2,1H3. The lowest BCUT2D eigenvalue weighted by Crippen LogP contribution is -1.95. The third-order valence-electron chi connectivity index (χ3n) is 3.32. The Balaban J connectivity index is 2.28. The maximum Gasteiger partial charge on any atom is 0.0954 e. The van der Waals surface area contributed by atoms with E-state index in [1.165, 1.54) is 0 Å². The fraction of sp³-hybridized carbons (Fsp3) is 0.125. The highest BCUT2D eigenvalue weighted by Gasteiger charge is 2.14. The molecule has 3 nitrogen and oxygen atoms in total. The summed E-state index contributed by atoms with van der Waals surface area (Å²) in [5.74, 6) is 0. The number of nitriles is 1. The van der Waals surface area contributed by atoms with Crippen molar-refractivity contribution in [1.29, 1.82) is 5.26 Å². The lowest BCUT2D eigenvalue weighted by atomic mass is 10.1. The van der Waals surface area contributed by atoms with Gasteiger partial charge in [0.2, 0.25) is 0 Å². The number of rotatable bonds is 3. The molecule has 0 saturated heterocycles. The van der Waals surface area contributed by atoms with Crippen LogP contribution in [0.2, 0.25) is 5.02 Å². The lowest BCUT2D eigenvalue weighted by Gasteiger charge is -2.07. The molecule has 0 aliphatic carbocycles. The minimum absolute atomic E-state index is 0.381. The van der Waals surface area contributed by atoms with Gasteiger partial charge in [0.1, 0.15) is 0 Å². The second kappa shape index (κ2) is 5.80. The highest BCUT2D eigenvalue weighted by Crippen LogP contribution is 2.33. The molecule has 0 fully saturated rings. The fourth-order valence-electron chi connectivity index (χ4n) is 2.38. The largest absolute Gasteiger partial charge is 0.315 e. The lowest BCUT2D eigenvalue weighted by molar-refractivity contribution is 1.04. The van der Waals surface area contributed by atoms with E-state index in [9.17, 15) is 0 Å². The van der Waals surface area contributed by atoms with Crippen LogP contribution in [0.3, 0.4) is 0 Å². The van der Waals surface area contributed by atoms with E-state index in [1.54, 1.807) is 18.0 Å². The van der Waals surface area contributed by atoms with Gasteiger partial charge in [-0.3, -0.25) is 4.98 Å². The van der Waals surface area contributed by atoms with E-state index < -0.39 is 0 Å². The predicted molar refractivity (Wildman–Crippen MR) is 86.7 cm³/mol. The number of hydrogen-bond acceptors (Lipinski definition) is 3. The summed E-state index contributed by atoms with van der Waals surface area (Å²) in [6.45, 7) is 0. The van der Waals surface area contributed by atoms with E-state index in [0.29, 0.717) is 11.4 Å². The molecule has 0 amide bonds. The molecule has 0 atom stereocenters. The van der Waals surface area contributed by atoms with Gasteiger partial charge in [-0.2, -0.15) is 5.26 Å². The summed E-state index contributed by atoms with van der Waals surface area (Å²) in [6, 6.07) is 11.9. The molecular formula is C16H12ClN3S. The molecule has 0 unspecified atom stereocenters. The molecule has 5 heteroatoms. The summed E-state index contributed by atoms with van der Waals surface area (Å²) in [5, 5.41) is 9.68. The first-order valence-electron chi connectivity index (χ1n) is 6.40. The van der Waals surface area contributed by atoms with Gasteiger partial charge in [-0.1, -0.05) is 23.7 Å². The molecule has 21 heavy (non-hydrogen) atoms. The van der Waals surface area contributed by atoms with Crippen molar-refractivity contribution in [2.75, 3.05) is 6.26 Å². The van der Waals surface area contributed by atoms with Gasteiger partial charge in [0.05, 0.1) is 23.7 Å². The quantitative estimate of drug-likeness (QED) is 0.671. The zero-order valence-electron chi connectivity index (χ0n) is 11.4. The summed E-state index contributed by atoms with van der Waals surface area (Å²) in [5.41, 5.74) is 3.94. The third kappa shape index (κ3) is 2.51. The van der Waals surface area contributed by atoms with Crippen molar-refractivity contribution in [3.8, 4) is 17.3 Å². The first-order valence-corrected chi connectivity index (χ1v) is 8.00. The Hall–Kier alpha value is -1.96. The normalized spacial score (nSPS) is 10.7. The van der Waals surface area contributed by atoms with Crippen molar-refractivity contribution in [2.24, 2.45) is 0 Å². The van der Waals surface area contributed by atoms with E-state index in [1.807, 2.05) is 41.1 Å². The van der Waals surface area contributed by atoms with Gasteiger partial charge in [0, 0.05) is 33.6 Å². The Bertz CT molecular complexity index is 831. The molecule has 0 bridgehead atoms. The summed E-state index contributed by atoms with van der Waals surface area (Å²) < 4.78 is 2.05. The minimum Gasteiger partial charge on any atom is -0.315 e. The van der Waals surface area contributed by atoms with Crippen LogP contribution in [-0.2, 0) is 6.42 Å². The molecule has 3 aromatic rings. The highest BCUT2D eigenvalue weighted by molar-refractivity contribution is 7.98. The molecule has 0 saturated carbocycles. The van der Waals surface area contributed by atoms with E-state index in [0.717, 1.165) is 27.4 Å². The van der Waals surface area contributed by atoms with Crippen LogP contribution >= 0.6 is 23.4 Å². The van der Waals surface area contributed by atoms with Crippen molar-refractivity contribution in [3.05, 3.63) is 53.4 Å². The van der Waals surface area contributed by atoms with Crippen LogP contribution in [0.5, 0.6) is 0 Å². The van der Waals surface area contributed by atoms with E-state index in [2.05, 4.69) is 17.1 Å². The van der Waals surface area contributed by atoms with Gasteiger partial charge in [-0.05, 0) is 24.5 Å². The average molecular weight is 314 g/mol. The summed E-state index contributed by atoms with van der Waals surface area (Å²) >= 11 is 7.62. The smallest absolute Gasteiger partial charge is 0.0954 e. The van der Waals surface area contributed by atoms with Crippen LogP contribution in [0, 0.1) is 11.3 Å². The van der Waals surface area contributed by atoms with Gasteiger partial charge in [-0.25, -0.2) is 0 Å². The predicted octanol–water partition coefficient (Wildman–Crippen LogP) is 4.44. The van der Waals surface area contributed by atoms with Gasteiger partial charge < -0.3 is 4.40 Å². The molecule has 0 aliphatic heterocycles. The van der Waals surface area contributed by atoms with Crippen molar-refractivity contribution >= 4 is 28.9 Å². The van der Waals surface area contributed by atoms with E-state index >= 15 is 0 Å². The highest BCUT2D eigenvalue weighted by atomic mass is 35.5. The van der Waals surface area contributed by atoms with Crippen molar-refractivity contribution < 1.29 is 0 Å². The number of hydrogen-bond donors (Lipinski definition) is 0. The second-order valence-corrected chi connectivity index (χ2v) is 5.82. The number of aromatic nitrogens is 2. The number of thioether (sulfide) groups is 1. The van der Waals surface area contributed by atoms with Crippen LogP contribution < -0.4 is 0 Å². The summed E-state index contributed by atoms with van der Waals surface area (Å²) in [7, 11) is 0. The summed E-state index contributed by atoms with van der Waals surface area (Å²) in [6.07, 6.45) is 6.08. The molecule has 0 aliphatic rings. The number of benzene rings is 1. The van der Waals surface area contributed by atoms with Crippen LogP contribution in [-0.4, -0.2) is 15.6 Å². The average Bonchev–Trinajstić information content (AvgIpc) is 2.87. The molecule has 0 spiro atoms. The molecular weight excluding hydrogens is 302 g/mol. The molecule has 0 radical (unpaired) electrons. The minimum atomic E-state index is 0.381. The van der Waals surface area contributed by atoms with Crippen molar-refractivity contribution in [3.63, 3.8) is 0 Å². The van der Waals surface area contributed by atoms with Gasteiger partial charge in [-0.15, -0.1) is 11.8 Å². The Morgan fingerprint density at radius 1 is 1.33 bits per heavy atom. The van der Waals surface area contributed by atoms with E-state index in [4.69, 9.17) is 16.9 Å². The van der Waals surface area contributed by atoms with Crippen molar-refractivity contribution in [1.82, 2.24) is 9.38 Å².